The highest BCUT2D eigenvalue weighted by Gasteiger charge is 2.30. The van der Waals surface area contributed by atoms with Crippen LogP contribution in [0.1, 0.15) is 45.4 Å². The molecule has 2 rings (SSSR count). The van der Waals surface area contributed by atoms with Crippen LogP contribution < -0.4 is 0 Å². The van der Waals surface area contributed by atoms with Gasteiger partial charge in [0.1, 0.15) is 5.60 Å². The molecule has 1 fully saturated rings. The minimum Gasteiger partial charge on any atom is -0.444 e. The lowest BCUT2D eigenvalue weighted by atomic mass is 9.98. The third-order valence-electron chi connectivity index (χ3n) is 2.88. The molecule has 0 aromatic carbocycles. The number of likely N-dealkylation sites (tertiary alicyclic amines) is 1. The van der Waals surface area contributed by atoms with Gasteiger partial charge in [0.25, 0.3) is 4.84 Å². The van der Waals surface area contributed by atoms with Crippen molar-refractivity contribution in [1.29, 1.82) is 0 Å². The molecule has 7 heteroatoms. The smallest absolute Gasteiger partial charge is 0.410 e. The van der Waals surface area contributed by atoms with Crippen LogP contribution >= 0.6 is 12.2 Å². The molecule has 0 saturated carbocycles. The Balaban J connectivity index is 2.01. The van der Waals surface area contributed by atoms with E-state index in [2.05, 4.69) is 10.2 Å². The largest absolute Gasteiger partial charge is 0.444 e. The first-order chi connectivity index (χ1) is 8.85. The van der Waals surface area contributed by atoms with Crippen molar-refractivity contribution >= 4 is 18.3 Å². The topological polar surface area (TPSA) is 71.4 Å². The maximum absolute atomic E-state index is 12.0. The molecular formula is C12H19N3O3S. The maximum Gasteiger partial charge on any atom is 0.410 e. The van der Waals surface area contributed by atoms with E-state index in [4.69, 9.17) is 21.4 Å². The number of hydrogen-bond acceptors (Lipinski definition) is 5. The summed E-state index contributed by atoms with van der Waals surface area (Å²) in [6, 6.07) is 0. The van der Waals surface area contributed by atoms with Gasteiger partial charge in [0, 0.05) is 13.1 Å². The van der Waals surface area contributed by atoms with Crippen LogP contribution in [0.4, 0.5) is 4.79 Å². The van der Waals surface area contributed by atoms with E-state index < -0.39 is 5.60 Å². The minimum atomic E-state index is -0.478. The first-order valence-corrected chi connectivity index (χ1v) is 6.79. The summed E-state index contributed by atoms with van der Waals surface area (Å²) in [4.78, 5) is 14.0. The van der Waals surface area contributed by atoms with Gasteiger partial charge in [-0.2, -0.15) is 0 Å². The van der Waals surface area contributed by atoms with E-state index in [0.29, 0.717) is 19.0 Å². The first kappa shape index (κ1) is 14.0. The van der Waals surface area contributed by atoms with Crippen LogP contribution in [0.5, 0.6) is 0 Å². The van der Waals surface area contributed by atoms with Crippen molar-refractivity contribution in [2.45, 2.75) is 45.1 Å². The number of carbonyl (C=O) groups excluding carboxylic acids is 1. The van der Waals surface area contributed by atoms with E-state index in [-0.39, 0.29) is 16.8 Å². The van der Waals surface area contributed by atoms with Gasteiger partial charge >= 0.3 is 6.09 Å². The number of aromatic amines is 1. The summed E-state index contributed by atoms with van der Waals surface area (Å²) in [5.41, 5.74) is -0.478. The van der Waals surface area contributed by atoms with Gasteiger partial charge in [0.15, 0.2) is 0 Å². The molecule has 1 N–H and O–H groups in total. The van der Waals surface area contributed by atoms with Crippen LogP contribution in [-0.2, 0) is 4.74 Å². The van der Waals surface area contributed by atoms with Crippen molar-refractivity contribution in [3.05, 3.63) is 10.7 Å². The number of H-pyrrole nitrogens is 1. The zero-order chi connectivity index (χ0) is 14.0. The van der Waals surface area contributed by atoms with Crippen molar-refractivity contribution in [3.63, 3.8) is 0 Å². The molecule has 6 nitrogen and oxygen atoms in total. The van der Waals surface area contributed by atoms with Gasteiger partial charge in [-0.25, -0.2) is 9.89 Å². The van der Waals surface area contributed by atoms with Gasteiger partial charge in [-0.1, -0.05) is 0 Å². The molecule has 1 unspecified atom stereocenters. The number of piperidine rings is 1. The molecule has 2 heterocycles. The van der Waals surface area contributed by atoms with Gasteiger partial charge in [-0.05, 0) is 45.8 Å². The highest BCUT2D eigenvalue weighted by Crippen LogP contribution is 2.26. The molecule has 1 saturated heterocycles. The van der Waals surface area contributed by atoms with E-state index in [1.165, 1.54) is 0 Å². The number of amides is 1. The van der Waals surface area contributed by atoms with E-state index in [9.17, 15) is 4.79 Å². The molecule has 1 amide bonds. The highest BCUT2D eigenvalue weighted by molar-refractivity contribution is 7.71. The first-order valence-electron chi connectivity index (χ1n) is 6.38. The van der Waals surface area contributed by atoms with E-state index >= 15 is 0 Å². The van der Waals surface area contributed by atoms with Gasteiger partial charge in [0.2, 0.25) is 5.89 Å². The second-order valence-electron chi connectivity index (χ2n) is 5.72. The van der Waals surface area contributed by atoms with Crippen LogP contribution in [0.3, 0.4) is 0 Å². The van der Waals surface area contributed by atoms with Crippen LogP contribution in [0.15, 0.2) is 4.42 Å². The summed E-state index contributed by atoms with van der Waals surface area (Å²) in [5, 5.41) is 6.64. The van der Waals surface area contributed by atoms with Crippen LogP contribution in [0.2, 0.25) is 0 Å². The van der Waals surface area contributed by atoms with Gasteiger partial charge in [0.05, 0.1) is 5.92 Å². The summed E-state index contributed by atoms with van der Waals surface area (Å²) in [6.07, 6.45) is 1.55. The van der Waals surface area contributed by atoms with E-state index in [1.807, 2.05) is 20.8 Å². The predicted molar refractivity (Wildman–Crippen MR) is 71.5 cm³/mol. The Bertz CT molecular complexity index is 503. The van der Waals surface area contributed by atoms with Crippen LogP contribution in [0, 0.1) is 4.84 Å². The standard InChI is InChI=1S/C12H19N3O3S/c1-12(2,3)18-11(16)15-6-4-5-8(7-15)9-13-14-10(19)17-9/h8H,4-7H2,1-3H3,(H,14,19). The normalized spacial score (nSPS) is 20.4. The highest BCUT2D eigenvalue weighted by atomic mass is 32.1. The van der Waals surface area contributed by atoms with E-state index in [1.54, 1.807) is 4.90 Å². The lowest BCUT2D eigenvalue weighted by Gasteiger charge is -2.32. The number of rotatable bonds is 1. The molecule has 1 aromatic heterocycles. The third kappa shape index (κ3) is 3.79. The summed E-state index contributed by atoms with van der Waals surface area (Å²) < 4.78 is 10.7. The Labute approximate surface area is 117 Å². The van der Waals surface area contributed by atoms with Crippen molar-refractivity contribution in [2.24, 2.45) is 0 Å². The third-order valence-corrected chi connectivity index (χ3v) is 3.05. The summed E-state index contributed by atoms with van der Waals surface area (Å²) in [7, 11) is 0. The molecule has 0 bridgehead atoms. The van der Waals surface area contributed by atoms with Crippen molar-refractivity contribution in [3.8, 4) is 0 Å². The molecule has 0 radical (unpaired) electrons. The lowest BCUT2D eigenvalue weighted by molar-refractivity contribution is 0.0190. The lowest BCUT2D eigenvalue weighted by Crippen LogP contribution is -2.42. The second-order valence-corrected chi connectivity index (χ2v) is 6.09. The number of carbonyl (C=O) groups is 1. The molecule has 1 aliphatic rings. The van der Waals surface area contributed by atoms with Gasteiger partial charge in [-0.15, -0.1) is 5.10 Å². The molecule has 106 valence electrons. The average molecular weight is 285 g/mol. The molecule has 0 aliphatic carbocycles. The summed E-state index contributed by atoms with van der Waals surface area (Å²) in [5.74, 6) is 0.646. The zero-order valence-electron chi connectivity index (χ0n) is 11.4. The monoisotopic (exact) mass is 285 g/mol. The molecular weight excluding hydrogens is 266 g/mol. The molecule has 0 spiro atoms. The number of nitrogens with zero attached hydrogens (tertiary/aromatic N) is 2. The summed E-state index contributed by atoms with van der Waals surface area (Å²) >= 11 is 4.86. The zero-order valence-corrected chi connectivity index (χ0v) is 12.2. The van der Waals surface area contributed by atoms with Gasteiger partial charge < -0.3 is 14.1 Å². The van der Waals surface area contributed by atoms with E-state index in [0.717, 1.165) is 12.8 Å². The fourth-order valence-electron chi connectivity index (χ4n) is 2.09. The second kappa shape index (κ2) is 5.32. The van der Waals surface area contributed by atoms with Crippen LogP contribution in [-0.4, -0.2) is 39.9 Å². The minimum absolute atomic E-state index is 0.0780. The summed E-state index contributed by atoms with van der Waals surface area (Å²) in [6.45, 7) is 6.84. The molecule has 1 aliphatic heterocycles. The quantitative estimate of drug-likeness (QED) is 0.803. The fourth-order valence-corrected chi connectivity index (χ4v) is 2.22. The molecule has 1 atom stereocenters. The molecule has 1 aromatic rings. The average Bonchev–Trinajstić information content (AvgIpc) is 2.74. The number of nitrogens with one attached hydrogen (secondary N) is 1. The number of ether oxygens (including phenoxy) is 1. The van der Waals surface area contributed by atoms with Crippen molar-refractivity contribution < 1.29 is 13.9 Å². The molecule has 19 heavy (non-hydrogen) atoms. The van der Waals surface area contributed by atoms with Crippen molar-refractivity contribution in [1.82, 2.24) is 15.1 Å². The van der Waals surface area contributed by atoms with Gasteiger partial charge in [-0.3, -0.25) is 0 Å². The number of aromatic nitrogens is 2. The fraction of sp³-hybridized carbons (Fsp3) is 0.750. The Morgan fingerprint density at radius 3 is 2.89 bits per heavy atom. The number of hydrogen-bond donors (Lipinski definition) is 1. The van der Waals surface area contributed by atoms with Crippen molar-refractivity contribution in [2.75, 3.05) is 13.1 Å². The Morgan fingerprint density at radius 2 is 2.32 bits per heavy atom. The SMILES string of the molecule is CC(C)(C)OC(=O)N1CCCC(c2n[nH]c(=S)o2)C1. The Hall–Kier alpha value is -1.37. The Kier molecular flexibility index (Phi) is 3.93. The maximum atomic E-state index is 12.0. The Morgan fingerprint density at radius 1 is 1.58 bits per heavy atom. The van der Waals surface area contributed by atoms with Crippen LogP contribution in [0.25, 0.3) is 0 Å². The predicted octanol–water partition coefficient (Wildman–Crippen LogP) is 2.85.